The maximum absolute atomic E-state index is 14.2. The van der Waals surface area contributed by atoms with Crippen LogP contribution in [0, 0.1) is 12.7 Å². The van der Waals surface area contributed by atoms with Crippen LogP contribution in [0.15, 0.2) is 36.5 Å². The zero-order chi connectivity index (χ0) is 23.4. The van der Waals surface area contributed by atoms with Crippen LogP contribution in [0.4, 0.5) is 4.39 Å². The molecule has 8 heteroatoms. The Bertz CT molecular complexity index is 1400. The zero-order valence-electron chi connectivity index (χ0n) is 18.9. The summed E-state index contributed by atoms with van der Waals surface area (Å²) in [5, 5.41) is 18.9. The van der Waals surface area contributed by atoms with E-state index in [1.165, 1.54) is 6.07 Å². The van der Waals surface area contributed by atoms with Gasteiger partial charge in [-0.15, -0.1) is 0 Å². The van der Waals surface area contributed by atoms with E-state index in [4.69, 9.17) is 9.47 Å². The molecule has 0 amide bonds. The van der Waals surface area contributed by atoms with Gasteiger partial charge >= 0.3 is 5.97 Å². The van der Waals surface area contributed by atoms with Gasteiger partial charge in [0, 0.05) is 47.2 Å². The first kappa shape index (κ1) is 21.3. The average molecular weight is 464 g/mol. The lowest BCUT2D eigenvalue weighted by molar-refractivity contribution is -0.147. The lowest BCUT2D eigenvalue weighted by Crippen LogP contribution is -2.20. The topological polar surface area (TPSA) is 89.4 Å². The first-order valence-corrected chi connectivity index (χ1v) is 11.7. The van der Waals surface area contributed by atoms with Gasteiger partial charge < -0.3 is 19.1 Å². The van der Waals surface area contributed by atoms with Crippen molar-refractivity contribution in [2.24, 2.45) is 0 Å². The summed E-state index contributed by atoms with van der Waals surface area (Å²) in [6.07, 6.45) is 3.16. The number of aromatic amines is 1. The maximum atomic E-state index is 14.2. The highest BCUT2D eigenvalue weighted by atomic mass is 19.1. The van der Waals surface area contributed by atoms with Crippen molar-refractivity contribution in [1.29, 1.82) is 0 Å². The zero-order valence-corrected chi connectivity index (χ0v) is 18.9. The Kier molecular flexibility index (Phi) is 5.15. The Morgan fingerprint density at radius 1 is 1.21 bits per heavy atom. The van der Waals surface area contributed by atoms with Gasteiger partial charge in [-0.3, -0.25) is 5.10 Å². The van der Waals surface area contributed by atoms with Gasteiger partial charge in [0.1, 0.15) is 5.82 Å². The normalized spacial score (nSPS) is 21.6. The number of carbonyl (C=O) groups is 1. The molecule has 2 N–H and O–H groups in total. The van der Waals surface area contributed by atoms with Crippen molar-refractivity contribution in [1.82, 2.24) is 14.8 Å². The van der Waals surface area contributed by atoms with Gasteiger partial charge in [-0.05, 0) is 67.6 Å². The van der Waals surface area contributed by atoms with Crippen molar-refractivity contribution in [3.63, 3.8) is 0 Å². The Morgan fingerprint density at radius 3 is 2.76 bits per heavy atom. The molecular formula is C26H26FN3O4. The molecular weight excluding hydrogens is 437 g/mol. The molecule has 0 spiro atoms. The highest BCUT2D eigenvalue weighted by Crippen LogP contribution is 2.45. The number of aryl methyl sites for hydroxylation is 1. The summed E-state index contributed by atoms with van der Waals surface area (Å²) in [6.45, 7) is 3.49. The van der Waals surface area contributed by atoms with E-state index in [1.54, 1.807) is 13.1 Å². The van der Waals surface area contributed by atoms with Crippen molar-refractivity contribution < 1.29 is 23.8 Å². The molecule has 176 valence electrons. The van der Waals surface area contributed by atoms with Gasteiger partial charge in [0.2, 0.25) is 0 Å². The van der Waals surface area contributed by atoms with Crippen LogP contribution in [0.1, 0.15) is 47.9 Å². The van der Waals surface area contributed by atoms with Crippen molar-refractivity contribution in [3.8, 4) is 5.69 Å². The van der Waals surface area contributed by atoms with Gasteiger partial charge in [-0.1, -0.05) is 0 Å². The Hall–Kier alpha value is -3.23. The van der Waals surface area contributed by atoms with Gasteiger partial charge in [0.25, 0.3) is 0 Å². The number of carboxylic acids is 1. The van der Waals surface area contributed by atoms with Gasteiger partial charge in [-0.2, -0.15) is 5.10 Å². The minimum Gasteiger partial charge on any atom is -0.479 e. The molecule has 2 aromatic heterocycles. The van der Waals surface area contributed by atoms with E-state index in [2.05, 4.69) is 26.9 Å². The molecule has 1 unspecified atom stereocenters. The highest BCUT2D eigenvalue weighted by molar-refractivity contribution is 5.99. The van der Waals surface area contributed by atoms with Crippen molar-refractivity contribution >= 4 is 27.8 Å². The SMILES string of the molecule is Cc1cc(-n2c(C3CCOCC3)c(C3CO[C@H](C(=O)O)C3)c3cc4[nH]ncc4cc32)ccc1F. The van der Waals surface area contributed by atoms with Crippen molar-refractivity contribution in [3.05, 3.63) is 59.2 Å². The third kappa shape index (κ3) is 3.40. The molecule has 2 fully saturated rings. The fourth-order valence-electron chi connectivity index (χ4n) is 5.62. The van der Waals surface area contributed by atoms with E-state index in [9.17, 15) is 14.3 Å². The summed E-state index contributed by atoms with van der Waals surface area (Å²) in [6, 6.07) is 9.44. The molecule has 0 saturated carbocycles. The second kappa shape index (κ2) is 8.21. The average Bonchev–Trinajstić information content (AvgIpc) is 3.56. The van der Waals surface area contributed by atoms with Crippen molar-refractivity contribution in [2.45, 2.75) is 44.1 Å². The van der Waals surface area contributed by atoms with Gasteiger partial charge in [0.05, 0.1) is 23.8 Å². The fourth-order valence-corrected chi connectivity index (χ4v) is 5.62. The number of nitrogens with zero attached hydrogens (tertiary/aromatic N) is 2. The van der Waals surface area contributed by atoms with E-state index in [0.717, 1.165) is 51.6 Å². The van der Waals surface area contributed by atoms with Gasteiger partial charge in [0.15, 0.2) is 6.10 Å². The van der Waals surface area contributed by atoms with E-state index in [-0.39, 0.29) is 17.7 Å². The summed E-state index contributed by atoms with van der Waals surface area (Å²) in [4.78, 5) is 11.7. The van der Waals surface area contributed by atoms with E-state index in [0.29, 0.717) is 31.8 Å². The molecule has 34 heavy (non-hydrogen) atoms. The predicted octanol–water partition coefficient (Wildman–Crippen LogP) is 4.81. The van der Waals surface area contributed by atoms with Crippen LogP contribution in [0.3, 0.4) is 0 Å². The number of H-pyrrole nitrogens is 1. The number of halogens is 1. The molecule has 4 heterocycles. The van der Waals surface area contributed by atoms with Crippen LogP contribution in [0.25, 0.3) is 27.5 Å². The Balaban J connectivity index is 1.66. The molecule has 2 aliphatic rings. The van der Waals surface area contributed by atoms with Crippen LogP contribution in [0.2, 0.25) is 0 Å². The number of aromatic nitrogens is 3. The molecule has 6 rings (SSSR count). The van der Waals surface area contributed by atoms with Crippen LogP contribution in [-0.4, -0.2) is 51.8 Å². The number of aliphatic carboxylic acids is 1. The minimum atomic E-state index is -0.927. The number of nitrogens with one attached hydrogen (secondary N) is 1. The van der Waals surface area contributed by atoms with E-state index >= 15 is 0 Å². The highest BCUT2D eigenvalue weighted by Gasteiger charge is 2.37. The number of carboxylic acid groups (broad SMARTS) is 1. The number of hydrogen-bond acceptors (Lipinski definition) is 4. The molecule has 2 saturated heterocycles. The standard InChI is InChI=1S/C26H26FN3O4/c1-14-8-18(2-3-20(14)27)30-22-9-16-12-28-29-21(16)11-19(22)24(17-10-23(26(31)32)34-13-17)25(30)15-4-6-33-7-5-15/h2-3,8-9,11-12,15,17,23H,4-7,10,13H2,1H3,(H,28,29)(H,31,32)/t17?,23-/m0/s1. The monoisotopic (exact) mass is 463 g/mol. The van der Waals surface area contributed by atoms with Crippen LogP contribution in [-0.2, 0) is 14.3 Å². The van der Waals surface area contributed by atoms with Crippen molar-refractivity contribution in [2.75, 3.05) is 19.8 Å². The van der Waals surface area contributed by atoms with Crippen LogP contribution < -0.4 is 0 Å². The molecule has 2 atom stereocenters. The number of benzene rings is 2. The Morgan fingerprint density at radius 2 is 2.03 bits per heavy atom. The maximum Gasteiger partial charge on any atom is 0.332 e. The summed E-state index contributed by atoms with van der Waals surface area (Å²) in [7, 11) is 0. The smallest absolute Gasteiger partial charge is 0.332 e. The third-order valence-electron chi connectivity index (χ3n) is 7.29. The molecule has 0 radical (unpaired) electrons. The lowest BCUT2D eigenvalue weighted by Gasteiger charge is -2.27. The number of fused-ring (bicyclic) bond motifs is 2. The molecule has 4 aromatic rings. The number of ether oxygens (including phenoxy) is 2. The first-order chi connectivity index (χ1) is 16.5. The summed E-state index contributed by atoms with van der Waals surface area (Å²) in [5.74, 6) is -0.978. The first-order valence-electron chi connectivity index (χ1n) is 11.7. The van der Waals surface area contributed by atoms with Crippen LogP contribution in [0.5, 0.6) is 0 Å². The molecule has 2 aromatic carbocycles. The number of hydrogen-bond donors (Lipinski definition) is 2. The van der Waals surface area contributed by atoms with Gasteiger partial charge in [-0.25, -0.2) is 9.18 Å². The molecule has 2 aliphatic heterocycles. The molecule has 0 aliphatic carbocycles. The molecule has 0 bridgehead atoms. The number of rotatable bonds is 4. The second-order valence-electron chi connectivity index (χ2n) is 9.37. The van der Waals surface area contributed by atoms with E-state index < -0.39 is 12.1 Å². The summed E-state index contributed by atoms with van der Waals surface area (Å²) in [5.41, 5.74) is 5.70. The fraction of sp³-hybridized carbons (Fsp3) is 0.385. The Labute approximate surface area is 195 Å². The van der Waals surface area contributed by atoms with E-state index in [1.807, 2.05) is 12.1 Å². The summed E-state index contributed by atoms with van der Waals surface area (Å²) >= 11 is 0. The lowest BCUT2D eigenvalue weighted by atomic mass is 9.86. The minimum absolute atomic E-state index is 0.0513. The third-order valence-corrected chi connectivity index (χ3v) is 7.29. The second-order valence-corrected chi connectivity index (χ2v) is 9.37. The molecule has 7 nitrogen and oxygen atoms in total. The quantitative estimate of drug-likeness (QED) is 0.454. The predicted molar refractivity (Wildman–Crippen MR) is 125 cm³/mol. The van der Waals surface area contributed by atoms with Crippen LogP contribution >= 0.6 is 0 Å². The largest absolute Gasteiger partial charge is 0.479 e. The summed E-state index contributed by atoms with van der Waals surface area (Å²) < 4.78 is 27.8.